The van der Waals surface area contributed by atoms with Crippen LogP contribution in [-0.4, -0.2) is 93.5 Å². The van der Waals surface area contributed by atoms with Gasteiger partial charge in [-0.1, -0.05) is 29.8 Å². The number of aromatic amines is 1. The standard InChI is InChI=1S/C32H35ClF2N6O3/c1-3-5-20-24(33)12-25-23(14-36-39-25)26(20)21-6-7-22-28(27(21)35)37-30(38-29(22)40-10-11-43-17-31(2,42)16-40)44-18-32-8-4-9-41(32)15-19(34)13-32/h3,5-7,12,14,19,42H,4,8-11,13,15-18H2,1-2H3,(H,36,39)/b5-3-/t19-,31+,32+/m1/s1. The van der Waals surface area contributed by atoms with E-state index in [1.54, 1.807) is 31.3 Å². The Morgan fingerprint density at radius 2 is 2.14 bits per heavy atom. The van der Waals surface area contributed by atoms with Crippen LogP contribution in [0.4, 0.5) is 14.6 Å². The predicted molar refractivity (Wildman–Crippen MR) is 167 cm³/mol. The fourth-order valence-corrected chi connectivity index (χ4v) is 7.42. The molecule has 3 atom stereocenters. The van der Waals surface area contributed by atoms with Crippen LogP contribution in [0.2, 0.25) is 5.02 Å². The van der Waals surface area contributed by atoms with Gasteiger partial charge in [-0.05, 0) is 45.4 Å². The largest absolute Gasteiger partial charge is 0.461 e. The van der Waals surface area contributed by atoms with Crippen molar-refractivity contribution < 1.29 is 23.4 Å². The van der Waals surface area contributed by atoms with Gasteiger partial charge in [0.2, 0.25) is 0 Å². The van der Waals surface area contributed by atoms with Crippen LogP contribution < -0.4 is 9.64 Å². The Bertz CT molecular complexity index is 1760. The van der Waals surface area contributed by atoms with Crippen LogP contribution in [0.15, 0.2) is 30.5 Å². The van der Waals surface area contributed by atoms with Crippen LogP contribution in [0.1, 0.15) is 38.7 Å². The molecule has 7 rings (SSSR count). The van der Waals surface area contributed by atoms with Gasteiger partial charge >= 0.3 is 6.01 Å². The van der Waals surface area contributed by atoms with E-state index in [1.165, 1.54) is 0 Å². The molecular weight excluding hydrogens is 590 g/mol. The molecule has 3 fully saturated rings. The first-order chi connectivity index (χ1) is 21.2. The number of allylic oxidation sites excluding steroid dienone is 1. The van der Waals surface area contributed by atoms with Crippen LogP contribution >= 0.6 is 11.6 Å². The smallest absolute Gasteiger partial charge is 0.319 e. The Hall–Kier alpha value is -3.38. The minimum atomic E-state index is -1.15. The van der Waals surface area contributed by atoms with Crippen molar-refractivity contribution in [3.05, 3.63) is 46.9 Å². The van der Waals surface area contributed by atoms with Gasteiger partial charge in [-0.15, -0.1) is 0 Å². The zero-order valence-electron chi connectivity index (χ0n) is 24.7. The molecular formula is C32H35ClF2N6O3. The molecule has 3 aliphatic heterocycles. The van der Waals surface area contributed by atoms with Crippen LogP contribution in [0, 0.1) is 5.82 Å². The lowest BCUT2D eigenvalue weighted by Crippen LogP contribution is -2.44. The van der Waals surface area contributed by atoms with E-state index in [0.29, 0.717) is 64.6 Å². The number of rotatable bonds is 6. The number of β-amino-alcohol motifs (C(OH)–C–C–N with tert-alkyl or cyclic N) is 1. The molecule has 3 saturated heterocycles. The van der Waals surface area contributed by atoms with Gasteiger partial charge in [0.1, 0.15) is 29.7 Å². The molecule has 0 aliphatic carbocycles. The van der Waals surface area contributed by atoms with Gasteiger partial charge in [-0.2, -0.15) is 15.1 Å². The fourth-order valence-electron chi connectivity index (χ4n) is 7.15. The summed E-state index contributed by atoms with van der Waals surface area (Å²) in [6, 6.07) is 5.28. The first kappa shape index (κ1) is 29.3. The molecule has 5 heterocycles. The number of anilines is 1. The molecule has 0 bridgehead atoms. The van der Waals surface area contributed by atoms with Crippen LogP contribution in [0.5, 0.6) is 6.01 Å². The number of ether oxygens (including phenoxy) is 2. The number of halogens is 3. The number of alkyl halides is 1. The maximum Gasteiger partial charge on any atom is 0.319 e. The Morgan fingerprint density at radius 3 is 2.98 bits per heavy atom. The molecule has 232 valence electrons. The molecule has 2 N–H and O–H groups in total. The quantitative estimate of drug-likeness (QED) is 0.289. The molecule has 0 amide bonds. The monoisotopic (exact) mass is 624 g/mol. The van der Waals surface area contributed by atoms with E-state index >= 15 is 4.39 Å². The highest BCUT2D eigenvalue weighted by Crippen LogP contribution is 2.43. The van der Waals surface area contributed by atoms with E-state index < -0.39 is 23.1 Å². The van der Waals surface area contributed by atoms with E-state index in [9.17, 15) is 9.50 Å². The van der Waals surface area contributed by atoms with Gasteiger partial charge in [0.15, 0.2) is 5.82 Å². The Labute approximate surface area is 258 Å². The van der Waals surface area contributed by atoms with Crippen LogP contribution in [0.25, 0.3) is 39.0 Å². The number of aromatic nitrogens is 4. The number of H-pyrrole nitrogens is 1. The molecule has 4 aromatic rings. The highest BCUT2D eigenvalue weighted by Gasteiger charge is 2.49. The molecule has 0 saturated carbocycles. The van der Waals surface area contributed by atoms with Gasteiger partial charge in [-0.3, -0.25) is 10.00 Å². The number of nitrogens with one attached hydrogen (secondary N) is 1. The second kappa shape index (κ2) is 11.2. The lowest BCUT2D eigenvalue weighted by Gasteiger charge is -2.31. The predicted octanol–water partition coefficient (Wildman–Crippen LogP) is 5.54. The van der Waals surface area contributed by atoms with Crippen molar-refractivity contribution >= 4 is 45.3 Å². The summed E-state index contributed by atoms with van der Waals surface area (Å²) in [6.45, 7) is 6.18. The van der Waals surface area contributed by atoms with Crippen molar-refractivity contribution in [2.45, 2.75) is 50.4 Å². The Kier molecular flexibility index (Phi) is 7.47. The summed E-state index contributed by atoms with van der Waals surface area (Å²) in [5.41, 5.74) is 0.742. The summed E-state index contributed by atoms with van der Waals surface area (Å²) in [7, 11) is 0. The van der Waals surface area contributed by atoms with Crippen molar-refractivity contribution in [1.82, 2.24) is 25.1 Å². The SMILES string of the molecule is C/C=C\c1c(Cl)cc2[nH]ncc2c1-c1ccc2c(N3CCOC[C@@](C)(O)C3)nc(OC[C@@]34CCCN3C[C@H](F)C4)nc2c1F. The Morgan fingerprint density at radius 1 is 1.27 bits per heavy atom. The van der Waals surface area contributed by atoms with E-state index in [0.717, 1.165) is 24.8 Å². The third-order valence-electron chi connectivity index (χ3n) is 9.09. The van der Waals surface area contributed by atoms with E-state index in [-0.39, 0.29) is 31.3 Å². The van der Waals surface area contributed by atoms with Crippen LogP contribution in [-0.2, 0) is 4.74 Å². The van der Waals surface area contributed by atoms with Gasteiger partial charge in [0, 0.05) is 47.0 Å². The molecule has 0 unspecified atom stereocenters. The molecule has 2 aromatic carbocycles. The normalized spacial score (nSPS) is 26.2. The number of fused-ring (bicyclic) bond motifs is 3. The molecule has 3 aliphatic rings. The molecule has 44 heavy (non-hydrogen) atoms. The van der Waals surface area contributed by atoms with E-state index in [2.05, 4.69) is 20.1 Å². The number of hydrogen-bond donors (Lipinski definition) is 2. The molecule has 0 spiro atoms. The summed E-state index contributed by atoms with van der Waals surface area (Å²) in [6.07, 6.45) is 6.63. The zero-order valence-corrected chi connectivity index (χ0v) is 25.5. The molecule has 0 radical (unpaired) electrons. The van der Waals surface area contributed by atoms with Gasteiger partial charge in [-0.25, -0.2) is 8.78 Å². The van der Waals surface area contributed by atoms with Gasteiger partial charge in [0.05, 0.1) is 42.0 Å². The fraction of sp³-hybridized carbons (Fsp3) is 0.469. The summed E-state index contributed by atoms with van der Waals surface area (Å²) in [5.74, 6) is -0.125. The van der Waals surface area contributed by atoms with Gasteiger partial charge in [0.25, 0.3) is 0 Å². The lowest BCUT2D eigenvalue weighted by molar-refractivity contribution is -0.0123. The average molecular weight is 625 g/mol. The third-order valence-corrected chi connectivity index (χ3v) is 9.40. The highest BCUT2D eigenvalue weighted by atomic mass is 35.5. The number of benzene rings is 2. The van der Waals surface area contributed by atoms with Crippen molar-refractivity contribution in [2.24, 2.45) is 0 Å². The van der Waals surface area contributed by atoms with Gasteiger partial charge < -0.3 is 19.5 Å². The third kappa shape index (κ3) is 5.09. The van der Waals surface area contributed by atoms with Crippen molar-refractivity contribution in [3.8, 4) is 17.1 Å². The number of aliphatic hydroxyl groups is 1. The summed E-state index contributed by atoms with van der Waals surface area (Å²) in [4.78, 5) is 13.4. The van der Waals surface area contributed by atoms with Crippen molar-refractivity contribution in [3.63, 3.8) is 0 Å². The lowest BCUT2D eigenvalue weighted by atomic mass is 9.94. The van der Waals surface area contributed by atoms with E-state index in [4.69, 9.17) is 26.1 Å². The summed E-state index contributed by atoms with van der Waals surface area (Å²) < 4.78 is 43.3. The molecule has 12 heteroatoms. The average Bonchev–Trinajstić information content (AvgIpc) is 3.64. The molecule has 9 nitrogen and oxygen atoms in total. The maximum absolute atomic E-state index is 16.9. The first-order valence-corrected chi connectivity index (χ1v) is 15.4. The molecule has 2 aromatic heterocycles. The summed E-state index contributed by atoms with van der Waals surface area (Å²) >= 11 is 6.68. The Balaban J connectivity index is 1.39. The topological polar surface area (TPSA) is 99.6 Å². The van der Waals surface area contributed by atoms with Crippen molar-refractivity contribution in [2.75, 3.05) is 50.9 Å². The second-order valence-corrected chi connectivity index (χ2v) is 12.9. The highest BCUT2D eigenvalue weighted by molar-refractivity contribution is 6.34. The number of nitrogens with zero attached hydrogens (tertiary/aromatic N) is 5. The van der Waals surface area contributed by atoms with E-state index in [1.807, 2.05) is 24.0 Å². The first-order valence-electron chi connectivity index (χ1n) is 15.0. The summed E-state index contributed by atoms with van der Waals surface area (Å²) in [5, 5.41) is 19.7. The second-order valence-electron chi connectivity index (χ2n) is 12.5. The van der Waals surface area contributed by atoms with Crippen molar-refractivity contribution in [1.29, 1.82) is 0 Å². The number of hydrogen-bond acceptors (Lipinski definition) is 8. The maximum atomic E-state index is 16.9. The minimum Gasteiger partial charge on any atom is -0.461 e. The minimum absolute atomic E-state index is 0.00474. The zero-order chi connectivity index (χ0) is 30.6. The van der Waals surface area contributed by atoms with Crippen LogP contribution in [0.3, 0.4) is 0 Å².